The highest BCUT2D eigenvalue weighted by molar-refractivity contribution is 6.15. The monoisotopic (exact) mass is 522 g/mol. The number of rotatable bonds is 7. The molecule has 0 radical (unpaired) electrons. The third-order valence-corrected chi connectivity index (χ3v) is 5.01. The topological polar surface area (TPSA) is 212 Å². The number of carbonyl (C=O) groups excluding carboxylic acids is 5. The number of imidazole rings is 1. The van der Waals surface area contributed by atoms with E-state index in [0.29, 0.717) is 4.90 Å². The van der Waals surface area contributed by atoms with Crippen LogP contribution in [0.1, 0.15) is 40.8 Å². The molecule has 0 N–H and O–H groups in total. The van der Waals surface area contributed by atoms with E-state index in [9.17, 15) is 34.1 Å². The fourth-order valence-corrected chi connectivity index (χ4v) is 3.75. The van der Waals surface area contributed by atoms with Gasteiger partial charge in [-0.15, -0.1) is 0 Å². The van der Waals surface area contributed by atoms with Crippen LogP contribution in [0, 0.1) is 10.1 Å². The summed E-state index contributed by atoms with van der Waals surface area (Å²) in [6.07, 6.45) is -3.96. The lowest BCUT2D eigenvalue weighted by molar-refractivity contribution is -0.394. The van der Waals surface area contributed by atoms with Gasteiger partial charge in [0.05, 0.1) is 0 Å². The maximum absolute atomic E-state index is 12.1. The Bertz CT molecular complexity index is 1280. The molecular formula is C20H22N6O11. The number of fused-ring (bicyclic) bond motifs is 1. The van der Waals surface area contributed by atoms with Crippen molar-refractivity contribution < 1.29 is 47.8 Å². The van der Waals surface area contributed by atoms with Gasteiger partial charge in [0.15, 0.2) is 24.0 Å². The van der Waals surface area contributed by atoms with Gasteiger partial charge in [0.1, 0.15) is 19.0 Å². The van der Waals surface area contributed by atoms with E-state index in [1.165, 1.54) is 0 Å². The van der Waals surface area contributed by atoms with Gasteiger partial charge in [0, 0.05) is 34.6 Å². The maximum atomic E-state index is 12.1. The van der Waals surface area contributed by atoms with E-state index in [-0.39, 0.29) is 11.2 Å². The van der Waals surface area contributed by atoms with E-state index in [2.05, 4.69) is 15.0 Å². The molecule has 0 bridgehead atoms. The summed E-state index contributed by atoms with van der Waals surface area (Å²) in [5, 5.41) is 11.6. The van der Waals surface area contributed by atoms with Gasteiger partial charge in [0.25, 0.3) is 5.82 Å². The third kappa shape index (κ3) is 5.66. The number of imide groups is 1. The molecule has 3 rings (SSSR count). The summed E-state index contributed by atoms with van der Waals surface area (Å²) in [7, 11) is 0. The molecule has 198 valence electrons. The summed E-state index contributed by atoms with van der Waals surface area (Å²) in [5.41, 5.74) is -0.449. The predicted octanol–water partition coefficient (Wildman–Crippen LogP) is -0.0422. The Morgan fingerprint density at radius 1 is 1.00 bits per heavy atom. The molecule has 0 aromatic carbocycles. The number of esters is 3. The third-order valence-electron chi connectivity index (χ3n) is 5.01. The van der Waals surface area contributed by atoms with E-state index < -0.39 is 77.6 Å². The number of nitrogens with zero attached hydrogens (tertiary/aromatic N) is 6. The minimum Gasteiger partial charge on any atom is -0.463 e. The van der Waals surface area contributed by atoms with Crippen molar-refractivity contribution in [1.29, 1.82) is 0 Å². The normalized spacial score (nSPS) is 20.8. The van der Waals surface area contributed by atoms with E-state index in [1.807, 2.05) is 0 Å². The largest absolute Gasteiger partial charge is 0.473 e. The van der Waals surface area contributed by atoms with Gasteiger partial charge in [-0.25, -0.2) is 9.88 Å². The first-order valence-corrected chi connectivity index (χ1v) is 10.6. The first kappa shape index (κ1) is 27.1. The molecule has 0 spiro atoms. The lowest BCUT2D eigenvalue weighted by atomic mass is 10.1. The van der Waals surface area contributed by atoms with Crippen LogP contribution in [0.2, 0.25) is 0 Å². The first-order valence-electron chi connectivity index (χ1n) is 10.6. The second kappa shape index (κ2) is 10.6. The zero-order chi connectivity index (χ0) is 27.6. The van der Waals surface area contributed by atoms with Crippen molar-refractivity contribution in [1.82, 2.24) is 19.5 Å². The number of carbonyl (C=O) groups is 5. The molecule has 1 fully saturated rings. The Morgan fingerprint density at radius 3 is 2.11 bits per heavy atom. The molecule has 17 nitrogen and oxygen atoms in total. The maximum Gasteiger partial charge on any atom is 0.473 e. The predicted molar refractivity (Wildman–Crippen MR) is 117 cm³/mol. The van der Waals surface area contributed by atoms with Crippen LogP contribution in [-0.2, 0) is 42.9 Å². The van der Waals surface area contributed by atoms with Crippen LogP contribution in [0.25, 0.3) is 11.2 Å². The zero-order valence-corrected chi connectivity index (χ0v) is 20.3. The molecule has 0 aliphatic carbocycles. The molecule has 4 atom stereocenters. The number of hydrogen-bond acceptors (Lipinski definition) is 14. The summed E-state index contributed by atoms with van der Waals surface area (Å²) in [5.74, 6) is -5.20. The summed E-state index contributed by atoms with van der Waals surface area (Å²) in [6, 6.07) is 0. The summed E-state index contributed by atoms with van der Waals surface area (Å²) >= 11 is 0. The second-order valence-electron chi connectivity index (χ2n) is 7.82. The van der Waals surface area contributed by atoms with Gasteiger partial charge in [-0.1, -0.05) is 0 Å². The molecule has 1 aliphatic rings. The summed E-state index contributed by atoms with van der Waals surface area (Å²) in [6.45, 7) is 5.06. The van der Waals surface area contributed by atoms with E-state index >= 15 is 0 Å². The number of anilines is 1. The van der Waals surface area contributed by atoms with Crippen molar-refractivity contribution in [3.63, 3.8) is 0 Å². The summed E-state index contributed by atoms with van der Waals surface area (Å²) in [4.78, 5) is 82.2. The Kier molecular flexibility index (Phi) is 7.76. The zero-order valence-electron chi connectivity index (χ0n) is 20.3. The quantitative estimate of drug-likeness (QED) is 0.202. The smallest absolute Gasteiger partial charge is 0.463 e. The van der Waals surface area contributed by atoms with Gasteiger partial charge in [-0.05, 0) is 14.9 Å². The highest BCUT2D eigenvalue weighted by Gasteiger charge is 2.51. The molecule has 0 unspecified atom stereocenters. The molecule has 37 heavy (non-hydrogen) atoms. The fourth-order valence-electron chi connectivity index (χ4n) is 3.75. The summed E-state index contributed by atoms with van der Waals surface area (Å²) < 4.78 is 22.7. The van der Waals surface area contributed by atoms with Crippen LogP contribution in [0.3, 0.4) is 0 Å². The van der Waals surface area contributed by atoms with Crippen LogP contribution in [0.4, 0.5) is 11.8 Å². The van der Waals surface area contributed by atoms with Crippen molar-refractivity contribution in [2.45, 2.75) is 59.2 Å². The number of nitro groups is 1. The van der Waals surface area contributed by atoms with Gasteiger partial charge in [-0.3, -0.25) is 28.5 Å². The highest BCUT2D eigenvalue weighted by Crippen LogP contribution is 2.37. The standard InChI is InChI=1S/C20H22N6O11/c1-8(27)25(9(2)28)18-14-17(22-20(23-18)26(32)33)24(7-21-14)19-16(36-12(5)31)15(35-11(4)30)13(37-19)6-34-10(3)29/h7,13,15-16,19H,6H2,1-5H3/t13-,15-,16-,19-/m1/s1. The second-order valence-corrected chi connectivity index (χ2v) is 7.82. The molecule has 1 saturated heterocycles. The SMILES string of the molecule is CC(=O)OC[C@H]1O[C@@H](n2cnc3c(N(C(C)=O)C(C)=O)nc([N+](=O)[O-])nc32)[C@H](OC(C)=O)[C@@H]1OC(C)=O. The lowest BCUT2D eigenvalue weighted by Crippen LogP contribution is -2.40. The molecule has 1 aliphatic heterocycles. The molecule has 2 aromatic heterocycles. The van der Waals surface area contributed by atoms with Crippen molar-refractivity contribution in [3.8, 4) is 0 Å². The van der Waals surface area contributed by atoms with Crippen LogP contribution < -0.4 is 4.90 Å². The van der Waals surface area contributed by atoms with Crippen molar-refractivity contribution >= 4 is 52.7 Å². The average molecular weight is 522 g/mol. The number of amides is 2. The van der Waals surface area contributed by atoms with Crippen LogP contribution >= 0.6 is 0 Å². The van der Waals surface area contributed by atoms with E-state index in [1.54, 1.807) is 0 Å². The van der Waals surface area contributed by atoms with Crippen molar-refractivity contribution in [3.05, 3.63) is 16.4 Å². The number of hydrogen-bond donors (Lipinski definition) is 0. The number of ether oxygens (including phenoxy) is 4. The highest BCUT2D eigenvalue weighted by atomic mass is 16.7. The molecule has 2 amide bonds. The van der Waals surface area contributed by atoms with Crippen molar-refractivity contribution in [2.75, 3.05) is 11.5 Å². The Labute approximate surface area is 207 Å². The molecule has 0 saturated carbocycles. The van der Waals surface area contributed by atoms with E-state index in [0.717, 1.165) is 45.5 Å². The van der Waals surface area contributed by atoms with Crippen LogP contribution in [0.15, 0.2) is 6.33 Å². The van der Waals surface area contributed by atoms with Gasteiger partial charge in [-0.2, -0.15) is 0 Å². The van der Waals surface area contributed by atoms with Crippen LogP contribution in [-0.4, -0.2) is 79.1 Å². The van der Waals surface area contributed by atoms with E-state index in [4.69, 9.17) is 18.9 Å². The van der Waals surface area contributed by atoms with Gasteiger partial charge in [0.2, 0.25) is 17.5 Å². The Morgan fingerprint density at radius 2 is 1.59 bits per heavy atom. The molecule has 17 heteroatoms. The van der Waals surface area contributed by atoms with Gasteiger partial charge < -0.3 is 29.1 Å². The van der Waals surface area contributed by atoms with Gasteiger partial charge >= 0.3 is 23.9 Å². The average Bonchev–Trinajstić information content (AvgIpc) is 3.32. The minimum absolute atomic E-state index is 0.186. The minimum atomic E-state index is -1.34. The Balaban J connectivity index is 2.21. The van der Waals surface area contributed by atoms with Crippen LogP contribution in [0.5, 0.6) is 0 Å². The lowest BCUT2D eigenvalue weighted by Gasteiger charge is -2.23. The molecule has 3 heterocycles. The fraction of sp³-hybridized carbons (Fsp3) is 0.500. The Hall–Kier alpha value is -4.54. The number of aromatic nitrogens is 4. The molecular weight excluding hydrogens is 500 g/mol. The molecule has 2 aromatic rings. The van der Waals surface area contributed by atoms with Crippen molar-refractivity contribution in [2.24, 2.45) is 0 Å². The first-order chi connectivity index (χ1) is 17.3.